The zero-order valence-corrected chi connectivity index (χ0v) is 16.2. The molecule has 5 heteroatoms. The lowest BCUT2D eigenvalue weighted by molar-refractivity contribution is -0.132. The van der Waals surface area contributed by atoms with Crippen LogP contribution in [0, 0.1) is 11.8 Å². The summed E-state index contributed by atoms with van der Waals surface area (Å²) in [6.07, 6.45) is 0.730. The number of benzene rings is 1. The van der Waals surface area contributed by atoms with E-state index >= 15 is 0 Å². The molecule has 1 aromatic rings. The van der Waals surface area contributed by atoms with Crippen LogP contribution in [0.25, 0.3) is 0 Å². The van der Waals surface area contributed by atoms with Crippen molar-refractivity contribution in [3.8, 4) is 0 Å². The van der Waals surface area contributed by atoms with Gasteiger partial charge < -0.3 is 9.94 Å². The normalized spacial score (nSPS) is 15.8. The Bertz CT molecular complexity index is 543. The third-order valence-corrected chi connectivity index (χ3v) is 4.42. The van der Waals surface area contributed by atoms with Gasteiger partial charge in [-0.15, -0.1) is 0 Å². The summed E-state index contributed by atoms with van der Waals surface area (Å²) in [5.74, 6) is -0.404. The van der Waals surface area contributed by atoms with Crippen LogP contribution >= 0.6 is 0 Å². The van der Waals surface area contributed by atoms with Gasteiger partial charge in [-0.05, 0) is 26.5 Å². The number of likely N-dealkylation sites (N-methyl/N-ethyl adjacent to an activating group) is 1. The predicted molar refractivity (Wildman–Crippen MR) is 101 cm³/mol. The third-order valence-electron chi connectivity index (χ3n) is 4.42. The maximum Gasteiger partial charge on any atom is 0.155 e. The Morgan fingerprint density at radius 3 is 2.32 bits per heavy atom. The van der Waals surface area contributed by atoms with E-state index in [4.69, 9.17) is 4.84 Å². The molecule has 0 fully saturated rings. The molecular formula is C20H32N2O3. The second-order valence-corrected chi connectivity index (χ2v) is 7.12. The Kier molecular flexibility index (Phi) is 8.79. The molecule has 0 heterocycles. The molecule has 140 valence electrons. The van der Waals surface area contributed by atoms with Gasteiger partial charge in [0.05, 0.1) is 12.1 Å². The van der Waals surface area contributed by atoms with Gasteiger partial charge in [0.15, 0.2) is 5.78 Å². The zero-order valence-electron chi connectivity index (χ0n) is 16.2. The third kappa shape index (κ3) is 6.59. The highest BCUT2D eigenvalue weighted by Crippen LogP contribution is 2.18. The number of rotatable bonds is 10. The van der Waals surface area contributed by atoms with E-state index in [2.05, 4.69) is 5.16 Å². The topological polar surface area (TPSA) is 62.1 Å². The van der Waals surface area contributed by atoms with Gasteiger partial charge in [-0.2, -0.15) is 0 Å². The van der Waals surface area contributed by atoms with Crippen LogP contribution in [0.2, 0.25) is 0 Å². The minimum atomic E-state index is -0.841. The van der Waals surface area contributed by atoms with E-state index in [0.29, 0.717) is 6.61 Å². The standard InChI is InChI=1S/C20H32N2O3/c1-14(2)19(23)18(22(6)15(3)4)20(24)16(5)12-21-25-13-17-10-8-7-9-11-17/h7-12,14-16,18,20,24H,13H2,1-6H3/b21-12+/t16-,18-,20-/m1/s1. The summed E-state index contributed by atoms with van der Waals surface area (Å²) in [5.41, 5.74) is 1.03. The number of carbonyl (C=O) groups is 1. The van der Waals surface area contributed by atoms with Crippen molar-refractivity contribution in [2.45, 2.75) is 59.4 Å². The Hall–Kier alpha value is -1.72. The highest BCUT2D eigenvalue weighted by Gasteiger charge is 2.35. The summed E-state index contributed by atoms with van der Waals surface area (Å²) in [7, 11) is 1.87. The molecule has 5 nitrogen and oxygen atoms in total. The number of hydrogen-bond donors (Lipinski definition) is 1. The van der Waals surface area contributed by atoms with E-state index in [-0.39, 0.29) is 23.7 Å². The molecule has 0 aliphatic heterocycles. The van der Waals surface area contributed by atoms with Gasteiger partial charge in [0.25, 0.3) is 0 Å². The number of ketones is 1. The molecule has 0 unspecified atom stereocenters. The lowest BCUT2D eigenvalue weighted by Crippen LogP contribution is -2.53. The van der Waals surface area contributed by atoms with Crippen molar-refractivity contribution < 1.29 is 14.7 Å². The molecule has 0 amide bonds. The SMILES string of the molecule is CC(C)C(=O)[C@H]([C@H](O)[C@H](C)/C=N/OCc1ccccc1)N(C)C(C)C. The first-order chi connectivity index (χ1) is 11.8. The molecule has 1 rings (SSSR count). The van der Waals surface area contributed by atoms with E-state index in [9.17, 15) is 9.90 Å². The molecule has 1 N–H and O–H groups in total. The van der Waals surface area contributed by atoms with Crippen LogP contribution in [0.5, 0.6) is 0 Å². The molecule has 0 saturated heterocycles. The fourth-order valence-corrected chi connectivity index (χ4v) is 2.47. The molecule has 0 spiro atoms. The highest BCUT2D eigenvalue weighted by atomic mass is 16.6. The molecule has 0 aliphatic carbocycles. The van der Waals surface area contributed by atoms with Gasteiger partial charge in [0, 0.05) is 24.1 Å². The molecular weight excluding hydrogens is 316 g/mol. The van der Waals surface area contributed by atoms with E-state index in [0.717, 1.165) is 5.56 Å². The first-order valence-corrected chi connectivity index (χ1v) is 8.88. The van der Waals surface area contributed by atoms with Gasteiger partial charge in [-0.1, -0.05) is 56.3 Å². The average Bonchev–Trinajstić information content (AvgIpc) is 2.59. The maximum atomic E-state index is 12.6. The van der Waals surface area contributed by atoms with Crippen LogP contribution in [0.1, 0.15) is 40.2 Å². The molecule has 25 heavy (non-hydrogen) atoms. The van der Waals surface area contributed by atoms with Crippen molar-refractivity contribution in [3.63, 3.8) is 0 Å². The zero-order chi connectivity index (χ0) is 19.0. The largest absolute Gasteiger partial charge is 0.391 e. The summed E-state index contributed by atoms with van der Waals surface area (Å²) in [6, 6.07) is 9.35. The number of oxime groups is 1. The van der Waals surface area contributed by atoms with Crippen LogP contribution in [-0.2, 0) is 16.2 Å². The number of aliphatic hydroxyl groups is 1. The second-order valence-electron chi connectivity index (χ2n) is 7.12. The quantitative estimate of drug-likeness (QED) is 0.521. The first-order valence-electron chi connectivity index (χ1n) is 8.88. The summed E-state index contributed by atoms with van der Waals surface area (Å²) in [6.45, 7) is 9.95. The van der Waals surface area contributed by atoms with E-state index in [1.54, 1.807) is 6.21 Å². The number of Topliss-reactive ketones (excluding diaryl/α,β-unsaturated/α-hetero) is 1. The minimum absolute atomic E-state index is 0.0363. The molecule has 0 aliphatic rings. The minimum Gasteiger partial charge on any atom is -0.391 e. The smallest absolute Gasteiger partial charge is 0.155 e. The first kappa shape index (κ1) is 21.3. The van der Waals surface area contributed by atoms with Gasteiger partial charge in [-0.25, -0.2) is 0 Å². The monoisotopic (exact) mass is 348 g/mol. The molecule has 0 saturated carbocycles. The summed E-state index contributed by atoms with van der Waals surface area (Å²) < 4.78 is 0. The van der Waals surface area contributed by atoms with Crippen LogP contribution in [0.3, 0.4) is 0 Å². The highest BCUT2D eigenvalue weighted by molar-refractivity contribution is 5.87. The van der Waals surface area contributed by atoms with Crippen LogP contribution in [0.4, 0.5) is 0 Å². The molecule has 1 aromatic carbocycles. The van der Waals surface area contributed by atoms with Crippen LogP contribution < -0.4 is 0 Å². The van der Waals surface area contributed by atoms with Crippen molar-refractivity contribution in [3.05, 3.63) is 35.9 Å². The Balaban J connectivity index is 2.70. The Morgan fingerprint density at radius 1 is 1.20 bits per heavy atom. The van der Waals surface area contributed by atoms with Crippen molar-refractivity contribution in [2.24, 2.45) is 17.0 Å². The van der Waals surface area contributed by atoms with Gasteiger partial charge >= 0.3 is 0 Å². The summed E-state index contributed by atoms with van der Waals surface area (Å²) in [5, 5.41) is 14.7. The molecule has 0 aromatic heterocycles. The van der Waals surface area contributed by atoms with Crippen LogP contribution in [0.15, 0.2) is 35.5 Å². The summed E-state index contributed by atoms with van der Waals surface area (Å²) >= 11 is 0. The van der Waals surface area contributed by atoms with E-state index in [1.807, 2.05) is 76.9 Å². The van der Waals surface area contributed by atoms with Crippen molar-refractivity contribution in [1.82, 2.24) is 4.90 Å². The van der Waals surface area contributed by atoms with Gasteiger partial charge in [0.1, 0.15) is 6.61 Å². The maximum absolute atomic E-state index is 12.6. The lowest BCUT2D eigenvalue weighted by Gasteiger charge is -2.36. The number of nitrogens with zero attached hydrogens (tertiary/aromatic N) is 2. The van der Waals surface area contributed by atoms with Gasteiger partial charge in [0.2, 0.25) is 0 Å². The molecule has 0 bridgehead atoms. The number of hydrogen-bond acceptors (Lipinski definition) is 5. The van der Waals surface area contributed by atoms with Gasteiger partial charge in [-0.3, -0.25) is 9.69 Å². The fourth-order valence-electron chi connectivity index (χ4n) is 2.47. The Morgan fingerprint density at radius 2 is 1.80 bits per heavy atom. The molecule has 3 atom stereocenters. The average molecular weight is 348 g/mol. The van der Waals surface area contributed by atoms with E-state index in [1.165, 1.54) is 0 Å². The predicted octanol–water partition coefficient (Wildman–Crippen LogP) is 3.12. The number of aliphatic hydroxyl groups excluding tert-OH is 1. The molecule has 0 radical (unpaired) electrons. The van der Waals surface area contributed by atoms with Crippen molar-refractivity contribution in [1.29, 1.82) is 0 Å². The van der Waals surface area contributed by atoms with E-state index < -0.39 is 12.1 Å². The lowest BCUT2D eigenvalue weighted by atomic mass is 9.89. The van der Waals surface area contributed by atoms with Crippen LogP contribution in [-0.4, -0.2) is 47.2 Å². The number of carbonyl (C=O) groups excluding carboxylic acids is 1. The second kappa shape index (κ2) is 10.3. The fraction of sp³-hybridized carbons (Fsp3) is 0.600. The van der Waals surface area contributed by atoms with Crippen molar-refractivity contribution >= 4 is 12.0 Å². The Labute approximate surface area is 151 Å². The van der Waals surface area contributed by atoms with Crippen molar-refractivity contribution in [2.75, 3.05) is 7.05 Å². The summed E-state index contributed by atoms with van der Waals surface area (Å²) in [4.78, 5) is 19.8.